The van der Waals surface area contributed by atoms with E-state index in [-0.39, 0.29) is 17.1 Å². The Bertz CT molecular complexity index is 1020. The van der Waals surface area contributed by atoms with E-state index >= 15 is 0 Å². The van der Waals surface area contributed by atoms with Gasteiger partial charge in [-0.15, -0.1) is 0 Å². The number of nitrogens with zero attached hydrogens (tertiary/aromatic N) is 1. The summed E-state index contributed by atoms with van der Waals surface area (Å²) in [6.45, 7) is 2.44. The molecule has 0 radical (unpaired) electrons. The summed E-state index contributed by atoms with van der Waals surface area (Å²) < 4.78 is 60.7. The van der Waals surface area contributed by atoms with Crippen molar-refractivity contribution < 1.29 is 26.7 Å². The highest BCUT2D eigenvalue weighted by Crippen LogP contribution is 2.37. The van der Waals surface area contributed by atoms with Crippen LogP contribution in [-0.4, -0.2) is 39.1 Å². The van der Waals surface area contributed by atoms with Gasteiger partial charge in [-0.05, 0) is 61.7 Å². The molecule has 9 heteroatoms. The Morgan fingerprint density at radius 1 is 1.10 bits per heavy atom. The van der Waals surface area contributed by atoms with Crippen LogP contribution in [0.5, 0.6) is 0 Å². The highest BCUT2D eigenvalue weighted by Gasteiger charge is 2.37. The second kappa shape index (κ2) is 9.96. The molecule has 1 saturated heterocycles. The first-order chi connectivity index (χ1) is 14.7. The highest BCUT2D eigenvalue weighted by atomic mass is 35.5. The number of amides is 1. The molecule has 1 amide bonds. The SMILES string of the molecule is C[C@H](COC(=O)N1CCCCC1)[C@H](c1cc(F)ccc1F)S(=O)(=O)c1ccc(Cl)cc1. The molecule has 31 heavy (non-hydrogen) atoms. The number of benzene rings is 2. The molecular formula is C22H24ClF2NO4S. The molecule has 0 aromatic heterocycles. The molecule has 1 heterocycles. The predicted octanol–water partition coefficient (Wildman–Crippen LogP) is 5.39. The molecule has 0 bridgehead atoms. The molecular weight excluding hydrogens is 448 g/mol. The largest absolute Gasteiger partial charge is 0.449 e. The second-order valence-corrected chi connectivity index (χ2v) is 10.2. The van der Waals surface area contributed by atoms with Gasteiger partial charge in [-0.3, -0.25) is 0 Å². The van der Waals surface area contributed by atoms with E-state index in [9.17, 15) is 22.0 Å². The monoisotopic (exact) mass is 471 g/mol. The van der Waals surface area contributed by atoms with Crippen molar-refractivity contribution in [1.29, 1.82) is 0 Å². The summed E-state index contributed by atoms with van der Waals surface area (Å²) in [6.07, 6.45) is 2.27. The molecule has 2 aromatic rings. The molecule has 2 aromatic carbocycles. The summed E-state index contributed by atoms with van der Waals surface area (Å²) in [5, 5.41) is -1.12. The first kappa shape index (κ1) is 23.5. The van der Waals surface area contributed by atoms with Crippen LogP contribution in [0.25, 0.3) is 0 Å². The Balaban J connectivity index is 1.91. The quantitative estimate of drug-likeness (QED) is 0.566. The molecule has 0 saturated carbocycles. The van der Waals surface area contributed by atoms with Crippen molar-refractivity contribution in [2.45, 2.75) is 36.3 Å². The van der Waals surface area contributed by atoms with Crippen molar-refractivity contribution in [1.82, 2.24) is 4.90 Å². The van der Waals surface area contributed by atoms with Gasteiger partial charge in [-0.25, -0.2) is 22.0 Å². The van der Waals surface area contributed by atoms with Crippen LogP contribution in [0.15, 0.2) is 47.4 Å². The van der Waals surface area contributed by atoms with Gasteiger partial charge in [0.1, 0.15) is 11.6 Å². The van der Waals surface area contributed by atoms with Crippen LogP contribution in [0, 0.1) is 17.6 Å². The zero-order chi connectivity index (χ0) is 22.6. The number of halogens is 3. The molecule has 0 unspecified atom stereocenters. The number of hydrogen-bond acceptors (Lipinski definition) is 4. The van der Waals surface area contributed by atoms with Crippen LogP contribution in [0.2, 0.25) is 5.02 Å². The number of piperidine rings is 1. The molecule has 1 aliphatic heterocycles. The van der Waals surface area contributed by atoms with Crippen LogP contribution in [0.1, 0.15) is 37.0 Å². The fourth-order valence-corrected chi connectivity index (χ4v) is 5.88. The molecule has 3 rings (SSSR count). The number of rotatable bonds is 6. The van der Waals surface area contributed by atoms with E-state index in [1.165, 1.54) is 31.2 Å². The molecule has 1 fully saturated rings. The summed E-state index contributed by atoms with van der Waals surface area (Å²) in [5.74, 6) is -2.45. The van der Waals surface area contributed by atoms with Crippen molar-refractivity contribution in [3.05, 3.63) is 64.7 Å². The first-order valence-electron chi connectivity index (χ1n) is 10.1. The normalized spacial score (nSPS) is 16.6. The third kappa shape index (κ3) is 5.54. The van der Waals surface area contributed by atoms with Crippen LogP contribution in [0.4, 0.5) is 13.6 Å². The van der Waals surface area contributed by atoms with Crippen LogP contribution in [-0.2, 0) is 14.6 Å². The number of sulfone groups is 1. The van der Waals surface area contributed by atoms with Crippen molar-refractivity contribution in [3.8, 4) is 0 Å². The Labute approximate surface area is 185 Å². The molecule has 0 aliphatic carbocycles. The Kier molecular flexibility index (Phi) is 7.54. The third-order valence-electron chi connectivity index (χ3n) is 5.34. The minimum absolute atomic E-state index is 0.0835. The van der Waals surface area contributed by atoms with Crippen LogP contribution >= 0.6 is 11.6 Å². The van der Waals surface area contributed by atoms with Gasteiger partial charge in [0.15, 0.2) is 9.84 Å². The molecule has 1 aliphatic rings. The van der Waals surface area contributed by atoms with Crippen molar-refractivity contribution in [2.75, 3.05) is 19.7 Å². The van der Waals surface area contributed by atoms with Gasteiger partial charge in [0, 0.05) is 29.6 Å². The van der Waals surface area contributed by atoms with Crippen molar-refractivity contribution in [2.24, 2.45) is 5.92 Å². The lowest BCUT2D eigenvalue weighted by atomic mass is 10.0. The van der Waals surface area contributed by atoms with E-state index in [2.05, 4.69) is 0 Å². The van der Waals surface area contributed by atoms with Gasteiger partial charge < -0.3 is 9.64 Å². The maximum Gasteiger partial charge on any atom is 0.409 e. The number of carbonyl (C=O) groups is 1. The van der Waals surface area contributed by atoms with E-state index < -0.39 is 38.7 Å². The number of carbonyl (C=O) groups excluding carboxylic acids is 1. The first-order valence-corrected chi connectivity index (χ1v) is 12.0. The van der Waals surface area contributed by atoms with E-state index in [4.69, 9.17) is 16.3 Å². The third-order valence-corrected chi connectivity index (χ3v) is 7.91. The minimum Gasteiger partial charge on any atom is -0.449 e. The maximum atomic E-state index is 14.6. The number of likely N-dealkylation sites (tertiary alicyclic amines) is 1. The van der Waals surface area contributed by atoms with Gasteiger partial charge in [-0.1, -0.05) is 18.5 Å². The van der Waals surface area contributed by atoms with Crippen molar-refractivity contribution in [3.63, 3.8) is 0 Å². The van der Waals surface area contributed by atoms with Crippen molar-refractivity contribution >= 4 is 27.5 Å². The maximum absolute atomic E-state index is 14.6. The fraction of sp³-hybridized carbons (Fsp3) is 0.409. The lowest BCUT2D eigenvalue weighted by Gasteiger charge is -2.28. The molecule has 168 valence electrons. The van der Waals surface area contributed by atoms with E-state index in [1.54, 1.807) is 4.90 Å². The van der Waals surface area contributed by atoms with E-state index in [0.717, 1.165) is 37.5 Å². The second-order valence-electron chi connectivity index (χ2n) is 7.69. The Morgan fingerprint density at radius 3 is 2.39 bits per heavy atom. The molecule has 0 spiro atoms. The summed E-state index contributed by atoms with van der Waals surface area (Å²) in [5.41, 5.74) is -0.309. The van der Waals surface area contributed by atoms with E-state index in [1.807, 2.05) is 0 Å². The number of ether oxygens (including phenoxy) is 1. The summed E-state index contributed by atoms with van der Waals surface area (Å²) >= 11 is 5.86. The van der Waals surface area contributed by atoms with Crippen LogP contribution in [0.3, 0.4) is 0 Å². The summed E-state index contributed by atoms with van der Waals surface area (Å²) in [4.78, 5) is 13.8. The van der Waals surface area contributed by atoms with Gasteiger partial charge in [-0.2, -0.15) is 0 Å². The molecule has 0 N–H and O–H groups in total. The van der Waals surface area contributed by atoms with Gasteiger partial charge in [0.05, 0.1) is 16.8 Å². The average Bonchev–Trinajstić information content (AvgIpc) is 2.75. The van der Waals surface area contributed by atoms with Crippen LogP contribution < -0.4 is 0 Å². The fourth-order valence-electron chi connectivity index (χ4n) is 3.74. The lowest BCUT2D eigenvalue weighted by Crippen LogP contribution is -2.37. The summed E-state index contributed by atoms with van der Waals surface area (Å²) in [6, 6.07) is 8.13. The highest BCUT2D eigenvalue weighted by molar-refractivity contribution is 7.91. The van der Waals surface area contributed by atoms with E-state index in [0.29, 0.717) is 18.1 Å². The minimum atomic E-state index is -4.15. The van der Waals surface area contributed by atoms with Gasteiger partial charge in [0.25, 0.3) is 0 Å². The van der Waals surface area contributed by atoms with Gasteiger partial charge in [0.2, 0.25) is 0 Å². The zero-order valence-electron chi connectivity index (χ0n) is 17.1. The standard InChI is InChI=1S/C22H24ClF2NO4S/c1-15(14-30-22(27)26-11-3-2-4-12-26)21(19-13-17(24)7-10-20(19)25)31(28,29)18-8-5-16(23)6-9-18/h5-10,13,15,21H,2-4,11-12,14H2,1H3/t15-,21-/m1/s1. The topological polar surface area (TPSA) is 63.7 Å². The Morgan fingerprint density at radius 2 is 1.74 bits per heavy atom. The predicted molar refractivity (Wildman–Crippen MR) is 114 cm³/mol. The zero-order valence-corrected chi connectivity index (χ0v) is 18.6. The average molecular weight is 472 g/mol. The Hall–Kier alpha value is -2.19. The molecule has 5 nitrogen and oxygen atoms in total. The van der Waals surface area contributed by atoms with Gasteiger partial charge >= 0.3 is 6.09 Å². The smallest absolute Gasteiger partial charge is 0.409 e. The number of hydrogen-bond donors (Lipinski definition) is 0. The lowest BCUT2D eigenvalue weighted by molar-refractivity contribution is 0.0827. The summed E-state index contributed by atoms with van der Waals surface area (Å²) in [7, 11) is -4.15. The molecule has 2 atom stereocenters.